The van der Waals surface area contributed by atoms with Crippen LogP contribution in [0.1, 0.15) is 100 Å². The van der Waals surface area contributed by atoms with E-state index in [0.717, 1.165) is 42.1 Å². The molecule has 0 saturated carbocycles. The minimum Gasteiger partial charge on any atom is -0.494 e. The van der Waals surface area contributed by atoms with Crippen LogP contribution in [-0.2, 0) is 17.8 Å². The fourth-order valence-corrected chi connectivity index (χ4v) is 5.38. The number of hydrogen-bond donors (Lipinski definition) is 1. The Morgan fingerprint density at radius 3 is 2.11 bits per heavy atom. The largest absolute Gasteiger partial charge is 0.494 e. The van der Waals surface area contributed by atoms with Crippen molar-refractivity contribution in [2.45, 2.75) is 104 Å². The van der Waals surface area contributed by atoms with Crippen molar-refractivity contribution >= 4 is 22.9 Å². The van der Waals surface area contributed by atoms with Gasteiger partial charge in [-0.25, -0.2) is 0 Å². The minimum absolute atomic E-state index is 0.00495. The second-order valence-corrected chi connectivity index (χ2v) is 11.4. The van der Waals surface area contributed by atoms with Gasteiger partial charge in [0.05, 0.1) is 24.1 Å². The summed E-state index contributed by atoms with van der Waals surface area (Å²) in [6.07, 6.45) is 18.6. The van der Waals surface area contributed by atoms with Gasteiger partial charge in [-0.2, -0.15) is 4.57 Å². The first-order valence-electron chi connectivity index (χ1n) is 14.7. The highest BCUT2D eigenvalue weighted by atomic mass is 32.1. The van der Waals surface area contributed by atoms with Gasteiger partial charge in [-0.15, -0.1) is 0 Å². The van der Waals surface area contributed by atoms with Crippen molar-refractivity contribution in [3.63, 3.8) is 0 Å². The summed E-state index contributed by atoms with van der Waals surface area (Å²) in [5.41, 5.74) is 2.97. The number of benzene rings is 2. The normalized spacial score (nSPS) is 11.0. The molecular formula is C33H47N2O2S+. The molecule has 0 aliphatic carbocycles. The number of amides is 1. The van der Waals surface area contributed by atoms with Crippen LogP contribution in [-0.4, -0.2) is 12.5 Å². The van der Waals surface area contributed by atoms with Gasteiger partial charge >= 0.3 is 0 Å². The number of carbonyl (C=O) groups excluding carboxylic acids is 1. The summed E-state index contributed by atoms with van der Waals surface area (Å²) in [7, 11) is 0. The van der Waals surface area contributed by atoms with Gasteiger partial charge in [-0.05, 0) is 30.2 Å². The topological polar surface area (TPSA) is 42.2 Å². The second kappa shape index (κ2) is 17.8. The molecule has 0 saturated heterocycles. The Balaban J connectivity index is 1.28. The lowest BCUT2D eigenvalue weighted by Gasteiger charge is -2.10. The molecule has 0 radical (unpaired) electrons. The number of nitrogens with one attached hydrogen (secondary N) is 1. The van der Waals surface area contributed by atoms with Crippen LogP contribution < -0.4 is 14.6 Å². The predicted molar refractivity (Wildman–Crippen MR) is 160 cm³/mol. The Labute approximate surface area is 234 Å². The number of para-hydroxylation sites is 1. The van der Waals surface area contributed by atoms with E-state index in [9.17, 15) is 4.79 Å². The first-order chi connectivity index (χ1) is 18.7. The zero-order chi connectivity index (χ0) is 26.8. The van der Waals surface area contributed by atoms with Crippen molar-refractivity contribution < 1.29 is 14.1 Å². The van der Waals surface area contributed by atoms with Crippen LogP contribution in [0.15, 0.2) is 60.1 Å². The van der Waals surface area contributed by atoms with E-state index in [1.165, 1.54) is 75.6 Å². The van der Waals surface area contributed by atoms with Crippen molar-refractivity contribution in [1.29, 1.82) is 0 Å². The number of nitrogens with zero attached hydrogens (tertiary/aromatic N) is 1. The van der Waals surface area contributed by atoms with Crippen molar-refractivity contribution in [3.8, 4) is 5.75 Å². The van der Waals surface area contributed by atoms with Crippen LogP contribution >= 0.6 is 11.3 Å². The highest BCUT2D eigenvalue weighted by Gasteiger charge is 2.13. The van der Waals surface area contributed by atoms with Gasteiger partial charge in [0.1, 0.15) is 5.75 Å². The number of anilines is 1. The number of unbranched alkanes of at least 4 members (excludes halogenated alkanes) is 11. The molecule has 0 spiro atoms. The molecule has 0 atom stereocenters. The number of hydrogen-bond acceptors (Lipinski definition) is 3. The van der Waals surface area contributed by atoms with Gasteiger partial charge in [0.15, 0.2) is 12.7 Å². The smallest absolute Gasteiger partial charge is 0.234 e. The van der Waals surface area contributed by atoms with Gasteiger partial charge in [0.25, 0.3) is 0 Å². The number of aromatic nitrogens is 1. The van der Waals surface area contributed by atoms with Crippen LogP contribution in [0.25, 0.3) is 0 Å². The molecule has 3 rings (SSSR count). The third kappa shape index (κ3) is 11.4. The highest BCUT2D eigenvalue weighted by molar-refractivity contribution is 7.09. The molecule has 0 aliphatic rings. The zero-order valence-corrected chi connectivity index (χ0v) is 24.4. The SMILES string of the molecule is CCCCCCCCCCCCCCOc1ccc(CC(=O)Nc2ccccc2C[n+]2ccsc2C)cc1. The zero-order valence-electron chi connectivity index (χ0n) is 23.6. The van der Waals surface area contributed by atoms with E-state index in [1.807, 2.05) is 42.5 Å². The molecule has 206 valence electrons. The summed E-state index contributed by atoms with van der Waals surface area (Å²) in [4.78, 5) is 12.7. The Bertz CT molecular complexity index is 1060. The molecule has 5 heteroatoms. The van der Waals surface area contributed by atoms with Gasteiger partial charge in [0, 0.05) is 12.5 Å². The molecule has 38 heavy (non-hydrogen) atoms. The van der Waals surface area contributed by atoms with E-state index in [4.69, 9.17) is 4.74 Å². The summed E-state index contributed by atoms with van der Waals surface area (Å²) >= 11 is 1.72. The summed E-state index contributed by atoms with van der Waals surface area (Å²) < 4.78 is 8.13. The molecule has 1 heterocycles. The molecule has 0 bridgehead atoms. The average molecular weight is 536 g/mol. The summed E-state index contributed by atoms with van der Waals surface area (Å²) in [6.45, 7) is 5.89. The van der Waals surface area contributed by atoms with E-state index in [-0.39, 0.29) is 5.91 Å². The molecule has 0 unspecified atom stereocenters. The van der Waals surface area contributed by atoms with E-state index < -0.39 is 0 Å². The number of ether oxygens (including phenoxy) is 1. The lowest BCUT2D eigenvalue weighted by molar-refractivity contribution is -0.689. The van der Waals surface area contributed by atoms with E-state index in [2.05, 4.69) is 41.4 Å². The number of thiazole rings is 1. The summed E-state index contributed by atoms with van der Waals surface area (Å²) in [5, 5.41) is 6.43. The predicted octanol–water partition coefficient (Wildman–Crippen LogP) is 8.65. The van der Waals surface area contributed by atoms with E-state index >= 15 is 0 Å². The van der Waals surface area contributed by atoms with Gasteiger partial charge < -0.3 is 10.1 Å². The van der Waals surface area contributed by atoms with E-state index in [1.54, 1.807) is 11.3 Å². The molecule has 1 N–H and O–H groups in total. The van der Waals surface area contributed by atoms with Crippen molar-refractivity contribution in [2.75, 3.05) is 11.9 Å². The first kappa shape index (κ1) is 29.9. The van der Waals surface area contributed by atoms with Gasteiger partial charge in [-0.1, -0.05) is 119 Å². The van der Waals surface area contributed by atoms with Gasteiger partial charge in [-0.3, -0.25) is 4.79 Å². The molecule has 1 aromatic heterocycles. The molecule has 0 fully saturated rings. The molecule has 2 aromatic carbocycles. The molecule has 4 nitrogen and oxygen atoms in total. The molecule has 3 aromatic rings. The molecule has 0 aliphatic heterocycles. The third-order valence-corrected chi connectivity index (χ3v) is 7.90. The maximum absolute atomic E-state index is 12.7. The monoisotopic (exact) mass is 535 g/mol. The van der Waals surface area contributed by atoms with Crippen LogP contribution in [0.2, 0.25) is 0 Å². The third-order valence-electron chi connectivity index (χ3n) is 7.07. The molecular weight excluding hydrogens is 488 g/mol. The van der Waals surface area contributed by atoms with Crippen LogP contribution in [0.4, 0.5) is 5.69 Å². The maximum Gasteiger partial charge on any atom is 0.234 e. The number of rotatable bonds is 19. The van der Waals surface area contributed by atoms with Crippen molar-refractivity contribution in [2.24, 2.45) is 0 Å². The van der Waals surface area contributed by atoms with Crippen LogP contribution in [0.5, 0.6) is 5.75 Å². The Hall–Kier alpha value is -2.66. The number of aryl methyl sites for hydroxylation is 1. The van der Waals surface area contributed by atoms with Gasteiger partial charge in [0.2, 0.25) is 10.9 Å². The fraction of sp³-hybridized carbons (Fsp3) is 0.515. The second-order valence-electron chi connectivity index (χ2n) is 10.3. The lowest BCUT2D eigenvalue weighted by Crippen LogP contribution is -2.34. The van der Waals surface area contributed by atoms with Crippen LogP contribution in [0.3, 0.4) is 0 Å². The lowest BCUT2D eigenvalue weighted by atomic mass is 10.1. The Morgan fingerprint density at radius 2 is 1.47 bits per heavy atom. The minimum atomic E-state index is -0.00495. The Kier molecular flexibility index (Phi) is 14.0. The van der Waals surface area contributed by atoms with Crippen LogP contribution in [0, 0.1) is 6.92 Å². The quantitative estimate of drug-likeness (QED) is 0.123. The van der Waals surface area contributed by atoms with Crippen molar-refractivity contribution in [3.05, 3.63) is 76.2 Å². The fourth-order valence-electron chi connectivity index (χ4n) is 4.72. The first-order valence-corrected chi connectivity index (χ1v) is 15.6. The Morgan fingerprint density at radius 1 is 0.842 bits per heavy atom. The molecule has 1 amide bonds. The number of carbonyl (C=O) groups is 1. The average Bonchev–Trinajstić information content (AvgIpc) is 3.33. The summed E-state index contributed by atoms with van der Waals surface area (Å²) in [5.74, 6) is 0.875. The van der Waals surface area contributed by atoms with Crippen molar-refractivity contribution in [1.82, 2.24) is 0 Å². The van der Waals surface area contributed by atoms with E-state index in [0.29, 0.717) is 6.42 Å². The highest BCUT2D eigenvalue weighted by Crippen LogP contribution is 2.18. The standard InChI is InChI=1S/C33H46N2O2S/c1-3-4-5-6-7-8-9-10-11-12-13-16-24-37-31-21-19-29(20-22-31)26-33(36)34-32-18-15-14-17-30(32)27-35-23-25-38-28(35)2/h14-15,17-23,25H,3-13,16,24,26-27H2,1-2H3/p+1. The summed E-state index contributed by atoms with van der Waals surface area (Å²) in [6, 6.07) is 16.0. The maximum atomic E-state index is 12.7.